The first-order chi connectivity index (χ1) is 36.1. The Morgan fingerprint density at radius 2 is 1.08 bits per heavy atom. The van der Waals surface area contributed by atoms with Crippen molar-refractivity contribution >= 4 is 58.9 Å². The van der Waals surface area contributed by atoms with Crippen molar-refractivity contribution in [2.75, 3.05) is 46.8 Å². The van der Waals surface area contributed by atoms with Crippen LogP contribution in [0.25, 0.3) is 0 Å². The van der Waals surface area contributed by atoms with Crippen LogP contribution in [0.5, 0.6) is 0 Å². The zero-order chi connectivity index (χ0) is 57.1. The molecule has 6 rings (SSSR count). The molecule has 0 aliphatic rings. The summed E-state index contributed by atoms with van der Waals surface area (Å²) in [5, 5.41) is 2.12. The average Bonchev–Trinajstić information content (AvgIpc) is 3.37. The fourth-order valence-corrected chi connectivity index (χ4v) is 9.43. The Labute approximate surface area is 453 Å². The lowest BCUT2D eigenvalue weighted by Crippen LogP contribution is -2.46. The highest BCUT2D eigenvalue weighted by Crippen LogP contribution is 2.20. The lowest BCUT2D eigenvalue weighted by Gasteiger charge is -2.28. The summed E-state index contributed by atoms with van der Waals surface area (Å²) in [6.07, 6.45) is 2.94. The number of halogens is 3. The van der Waals surface area contributed by atoms with Gasteiger partial charge in [0.05, 0.1) is 36.7 Å². The van der Waals surface area contributed by atoms with E-state index in [1.165, 1.54) is 96.9 Å². The summed E-state index contributed by atoms with van der Waals surface area (Å²) in [5.41, 5.74) is 7.45. The summed E-state index contributed by atoms with van der Waals surface area (Å²) < 4.78 is 87.1. The van der Waals surface area contributed by atoms with Gasteiger partial charge in [0.15, 0.2) is 15.8 Å². The predicted molar refractivity (Wildman–Crippen MR) is 290 cm³/mol. The monoisotopic (exact) mass is 1120 g/mol. The van der Waals surface area contributed by atoms with Gasteiger partial charge in [-0.25, -0.2) is 40.3 Å². The number of carbonyl (C=O) groups excluding carboxylic acids is 4. The van der Waals surface area contributed by atoms with Crippen molar-refractivity contribution in [2.24, 2.45) is 5.73 Å². The van der Waals surface area contributed by atoms with Gasteiger partial charge in [0.1, 0.15) is 17.7 Å². The minimum Gasteiger partial charge on any atom is -0.383 e. The second kappa shape index (κ2) is 28.5. The van der Waals surface area contributed by atoms with Crippen LogP contribution in [0.15, 0.2) is 156 Å². The number of benzene rings is 4. The molecule has 0 unspecified atom stereocenters. The van der Waals surface area contributed by atoms with Gasteiger partial charge in [-0.3, -0.25) is 19.2 Å². The highest BCUT2D eigenvalue weighted by atomic mass is 35.7. The fraction of sp³-hybridized carbons (Fsp3) is 0.309. The van der Waals surface area contributed by atoms with E-state index in [0.29, 0.717) is 12.2 Å². The number of hydrogen-bond donors (Lipinski definition) is 3. The molecule has 3 amide bonds. The zero-order valence-corrected chi connectivity index (χ0v) is 46.3. The van der Waals surface area contributed by atoms with Crippen LogP contribution < -0.4 is 15.8 Å². The van der Waals surface area contributed by atoms with E-state index in [2.05, 4.69) is 20.0 Å². The van der Waals surface area contributed by atoms with Gasteiger partial charge in [0, 0.05) is 74.7 Å². The first-order valence-corrected chi connectivity index (χ1v) is 27.6. The SMILES string of the molecule is CN(C(=O)c1ccc(F)cc1)[C@@H](Cc1ccccc1)C(=O)Nc1ccc(S(=O)(=O)Cl)nc1.COCC(C)(C)N.COCC(C)(C)NS(=O)(=O)c1ccc(CC(=O)[C@H](Cc2ccccc2)N(C)C(=O)c2ccc(F)cc2)cn1. The van der Waals surface area contributed by atoms with Crippen molar-refractivity contribution in [1.82, 2.24) is 24.5 Å². The number of sulfonamides is 1. The van der Waals surface area contributed by atoms with Crippen molar-refractivity contribution in [1.29, 1.82) is 0 Å². The molecule has 0 radical (unpaired) electrons. The van der Waals surface area contributed by atoms with Crippen LogP contribution in [0.4, 0.5) is 14.5 Å². The maximum absolute atomic E-state index is 13.5. The molecule has 2 heterocycles. The molecule has 2 aromatic heterocycles. The van der Waals surface area contributed by atoms with E-state index in [-0.39, 0.29) is 64.1 Å². The predicted octanol–water partition coefficient (Wildman–Crippen LogP) is 7.26. The summed E-state index contributed by atoms with van der Waals surface area (Å²) in [6, 6.07) is 32.3. The Morgan fingerprint density at radius 1 is 0.623 bits per heavy atom. The maximum Gasteiger partial charge on any atom is 0.278 e. The first kappa shape index (κ1) is 62.7. The Bertz CT molecular complexity index is 3100. The largest absolute Gasteiger partial charge is 0.383 e. The van der Waals surface area contributed by atoms with Gasteiger partial charge in [0.2, 0.25) is 5.91 Å². The molecular formula is C55H64ClF2N7O10S2. The van der Waals surface area contributed by atoms with E-state index in [4.69, 9.17) is 25.9 Å². The number of ketones is 1. The quantitative estimate of drug-likeness (QED) is 0.0603. The first-order valence-electron chi connectivity index (χ1n) is 23.8. The van der Waals surface area contributed by atoms with Crippen LogP contribution >= 0.6 is 10.7 Å². The summed E-state index contributed by atoms with van der Waals surface area (Å²) in [5.74, 6) is -2.56. The van der Waals surface area contributed by atoms with E-state index in [0.717, 1.165) is 23.4 Å². The third-order valence-corrected chi connectivity index (χ3v) is 13.9. The van der Waals surface area contributed by atoms with Gasteiger partial charge in [-0.2, -0.15) is 0 Å². The number of carbonyl (C=O) groups is 4. The molecule has 4 N–H and O–H groups in total. The molecule has 17 nitrogen and oxygen atoms in total. The Morgan fingerprint density at radius 3 is 1.48 bits per heavy atom. The number of nitrogens with zero attached hydrogens (tertiary/aromatic N) is 4. The van der Waals surface area contributed by atoms with Gasteiger partial charge < -0.3 is 30.3 Å². The summed E-state index contributed by atoms with van der Waals surface area (Å²) in [6.45, 7) is 8.03. The van der Waals surface area contributed by atoms with Crippen LogP contribution in [-0.2, 0) is 57.4 Å². The fourth-order valence-electron chi connectivity index (χ4n) is 7.42. The molecule has 0 saturated carbocycles. The molecule has 0 aliphatic carbocycles. The van der Waals surface area contributed by atoms with Gasteiger partial charge in [-0.1, -0.05) is 66.7 Å². The molecular weight excluding hydrogens is 1060 g/mol. The molecule has 22 heteroatoms. The highest BCUT2D eigenvalue weighted by molar-refractivity contribution is 8.13. The molecule has 0 aliphatic heterocycles. The summed E-state index contributed by atoms with van der Waals surface area (Å²) in [7, 11) is 3.51. The second-order valence-corrected chi connectivity index (χ2v) is 23.2. The van der Waals surface area contributed by atoms with Crippen LogP contribution in [-0.4, -0.2) is 125 Å². The standard InChI is InChI=1S/C28H32FN3O5S.C22H19ClFN3O4S.C5H13NO/c1-28(2,19-37-4)31-38(35,36)26-15-10-21(18-30-26)17-25(33)24(16-20-8-6-5-7-9-20)32(3)27(34)22-11-13-23(29)14-12-22;1-27(22(29)16-7-9-17(24)10-8-16)19(13-15-5-3-2-4-6-15)21(28)26-18-11-12-20(25-14-18)32(23,30)31;1-5(2,6)4-7-3/h5-15,18,24,31H,16-17,19H2,1-4H3;2-12,14,19H,13H2,1H3,(H,26,28);4,6H2,1-3H3/t24-;19-;/m00./s1. The molecule has 0 bridgehead atoms. The minimum absolute atomic E-state index is 0.0610. The van der Waals surface area contributed by atoms with Crippen molar-refractivity contribution in [2.45, 2.75) is 80.2 Å². The third kappa shape index (κ3) is 20.6. The number of hydrogen-bond acceptors (Lipinski definition) is 13. The lowest BCUT2D eigenvalue weighted by atomic mass is 9.96. The van der Waals surface area contributed by atoms with Crippen LogP contribution in [0.1, 0.15) is 65.1 Å². The van der Waals surface area contributed by atoms with E-state index in [1.54, 1.807) is 28.0 Å². The number of ether oxygens (including phenoxy) is 2. The van der Waals surface area contributed by atoms with Gasteiger partial charge in [0.25, 0.3) is 30.9 Å². The molecule has 0 saturated heterocycles. The van der Waals surface area contributed by atoms with E-state index < -0.39 is 66.1 Å². The number of rotatable bonds is 21. The molecule has 2 atom stereocenters. The number of aromatic nitrogens is 2. The number of anilines is 1. The molecule has 0 spiro atoms. The van der Waals surface area contributed by atoms with Crippen molar-refractivity contribution in [3.63, 3.8) is 0 Å². The smallest absolute Gasteiger partial charge is 0.278 e. The van der Waals surface area contributed by atoms with Gasteiger partial charge in [-0.05, 0) is 118 Å². The van der Waals surface area contributed by atoms with Crippen LogP contribution in [0.3, 0.4) is 0 Å². The topological polar surface area (TPSA) is 237 Å². The molecule has 412 valence electrons. The van der Waals surface area contributed by atoms with Crippen molar-refractivity contribution < 1.29 is 54.3 Å². The number of methoxy groups -OCH3 is 2. The molecule has 4 aromatic carbocycles. The second-order valence-electron chi connectivity index (χ2n) is 19.1. The minimum atomic E-state index is -3.99. The maximum atomic E-state index is 13.5. The number of amides is 3. The Kier molecular flexibility index (Phi) is 23.2. The van der Waals surface area contributed by atoms with Gasteiger partial charge >= 0.3 is 0 Å². The summed E-state index contributed by atoms with van der Waals surface area (Å²) in [4.78, 5) is 63.0. The van der Waals surface area contributed by atoms with Crippen molar-refractivity contribution in [3.8, 4) is 0 Å². The summed E-state index contributed by atoms with van der Waals surface area (Å²) >= 11 is 0. The van der Waals surface area contributed by atoms with E-state index >= 15 is 0 Å². The number of pyridine rings is 2. The number of nitrogens with one attached hydrogen (secondary N) is 2. The molecule has 77 heavy (non-hydrogen) atoms. The third-order valence-electron chi connectivity index (χ3n) is 11.1. The normalized spacial score (nSPS) is 12.4. The number of Topliss-reactive ketones (excluding diaryl/α,β-unsaturated/α-hetero) is 1. The van der Waals surface area contributed by atoms with E-state index in [9.17, 15) is 44.8 Å². The highest BCUT2D eigenvalue weighted by Gasteiger charge is 2.31. The van der Waals surface area contributed by atoms with Crippen LogP contribution in [0.2, 0.25) is 0 Å². The zero-order valence-electron chi connectivity index (χ0n) is 43.9. The van der Waals surface area contributed by atoms with Crippen LogP contribution in [0, 0.1) is 11.6 Å². The Balaban J connectivity index is 0.000000299. The number of likely N-dealkylation sites (N-methyl/N-ethyl adjacent to an activating group) is 2. The Hall–Kier alpha value is -6.85. The lowest BCUT2D eigenvalue weighted by molar-refractivity contribution is -0.122. The van der Waals surface area contributed by atoms with Crippen molar-refractivity contribution in [3.05, 3.63) is 185 Å². The number of nitrogens with two attached hydrogens (primary N) is 1. The molecule has 0 fully saturated rings. The molecule has 6 aromatic rings. The van der Waals surface area contributed by atoms with Gasteiger partial charge in [-0.15, -0.1) is 0 Å². The van der Waals surface area contributed by atoms with E-state index in [1.807, 2.05) is 74.5 Å². The average molecular weight is 1120 g/mol.